The quantitative estimate of drug-likeness (QED) is 0.815. The fraction of sp³-hybridized carbons (Fsp3) is 0.381. The lowest BCUT2D eigenvalue weighted by Crippen LogP contribution is -2.56. The highest BCUT2D eigenvalue weighted by Crippen LogP contribution is 2.35. The van der Waals surface area contributed by atoms with E-state index in [0.717, 1.165) is 17.7 Å². The van der Waals surface area contributed by atoms with E-state index < -0.39 is 29.2 Å². The third kappa shape index (κ3) is 4.36. The number of rotatable bonds is 5. The molecule has 0 aromatic heterocycles. The molecule has 1 aliphatic heterocycles. The van der Waals surface area contributed by atoms with Crippen molar-refractivity contribution in [2.75, 3.05) is 13.1 Å². The minimum Gasteiger partial charge on any atom is -0.481 e. The molecule has 2 atom stereocenters. The molecule has 2 N–H and O–H groups in total. The van der Waals surface area contributed by atoms with Crippen LogP contribution in [0.5, 0.6) is 0 Å². The van der Waals surface area contributed by atoms with E-state index in [-0.39, 0.29) is 13.0 Å². The molecule has 0 bridgehead atoms. The van der Waals surface area contributed by atoms with Crippen molar-refractivity contribution >= 4 is 5.97 Å². The summed E-state index contributed by atoms with van der Waals surface area (Å²) in [6.07, 6.45) is -4.90. The van der Waals surface area contributed by atoms with Crippen LogP contribution < -0.4 is 0 Å². The van der Waals surface area contributed by atoms with Gasteiger partial charge in [0, 0.05) is 19.6 Å². The fourth-order valence-electron chi connectivity index (χ4n) is 3.78. The molecule has 1 aliphatic rings. The molecule has 1 saturated heterocycles. The van der Waals surface area contributed by atoms with Crippen molar-refractivity contribution in [3.8, 4) is 0 Å². The minimum atomic E-state index is -4.39. The van der Waals surface area contributed by atoms with Gasteiger partial charge in [0.2, 0.25) is 0 Å². The molecule has 0 radical (unpaired) electrons. The molecule has 0 saturated carbocycles. The number of carbonyl (C=O) groups is 1. The van der Waals surface area contributed by atoms with Crippen molar-refractivity contribution in [2.45, 2.75) is 31.7 Å². The lowest BCUT2D eigenvalue weighted by molar-refractivity contribution is -0.163. The van der Waals surface area contributed by atoms with Gasteiger partial charge in [-0.1, -0.05) is 42.5 Å². The Morgan fingerprint density at radius 2 is 1.71 bits per heavy atom. The van der Waals surface area contributed by atoms with Gasteiger partial charge in [0.25, 0.3) is 0 Å². The van der Waals surface area contributed by atoms with E-state index in [1.165, 1.54) is 12.1 Å². The summed E-state index contributed by atoms with van der Waals surface area (Å²) >= 11 is 0. The topological polar surface area (TPSA) is 60.8 Å². The molecule has 1 heterocycles. The third-order valence-corrected chi connectivity index (χ3v) is 5.34. The van der Waals surface area contributed by atoms with E-state index in [1.807, 2.05) is 35.2 Å². The zero-order valence-corrected chi connectivity index (χ0v) is 15.2. The summed E-state index contributed by atoms with van der Waals surface area (Å²) in [5.41, 5.74) is -0.580. The monoisotopic (exact) mass is 393 g/mol. The maximum atomic E-state index is 12.7. The van der Waals surface area contributed by atoms with Crippen LogP contribution in [-0.2, 0) is 23.9 Å². The van der Waals surface area contributed by atoms with Crippen molar-refractivity contribution < 1.29 is 28.2 Å². The Kier molecular flexibility index (Phi) is 5.76. The average molecular weight is 393 g/mol. The Balaban J connectivity index is 1.77. The van der Waals surface area contributed by atoms with Crippen LogP contribution in [0.1, 0.15) is 23.1 Å². The average Bonchev–Trinajstić information content (AvgIpc) is 2.65. The third-order valence-electron chi connectivity index (χ3n) is 5.34. The second-order valence-corrected chi connectivity index (χ2v) is 7.33. The number of hydrogen-bond donors (Lipinski definition) is 2. The molecule has 2 aromatic rings. The first-order valence-electron chi connectivity index (χ1n) is 9.04. The largest absolute Gasteiger partial charge is 0.481 e. The summed E-state index contributed by atoms with van der Waals surface area (Å²) in [6, 6.07) is 14.0. The summed E-state index contributed by atoms with van der Waals surface area (Å²) in [5, 5.41) is 20.4. The number of carboxylic acids is 1. The number of nitrogens with zero attached hydrogens (tertiary/aromatic N) is 1. The molecule has 4 nitrogen and oxygen atoms in total. The number of piperidine rings is 1. The maximum absolute atomic E-state index is 12.7. The molecule has 2 aromatic carbocycles. The molecule has 0 spiro atoms. The first-order valence-corrected chi connectivity index (χ1v) is 9.04. The first kappa shape index (κ1) is 20.4. The Morgan fingerprint density at radius 1 is 1.07 bits per heavy atom. The Morgan fingerprint density at radius 3 is 2.29 bits per heavy atom. The van der Waals surface area contributed by atoms with E-state index in [2.05, 4.69) is 0 Å². The van der Waals surface area contributed by atoms with Crippen molar-refractivity contribution in [2.24, 2.45) is 5.41 Å². The lowest BCUT2D eigenvalue weighted by atomic mass is 9.72. The number of hydrogen-bond acceptors (Lipinski definition) is 3. The highest BCUT2D eigenvalue weighted by atomic mass is 19.4. The van der Waals surface area contributed by atoms with E-state index in [9.17, 15) is 28.2 Å². The van der Waals surface area contributed by atoms with Crippen molar-refractivity contribution in [1.29, 1.82) is 0 Å². The highest BCUT2D eigenvalue weighted by Gasteiger charge is 2.49. The van der Waals surface area contributed by atoms with Crippen LogP contribution in [0.25, 0.3) is 0 Å². The van der Waals surface area contributed by atoms with Crippen LogP contribution in [0, 0.1) is 5.41 Å². The molecule has 0 unspecified atom stereocenters. The lowest BCUT2D eigenvalue weighted by Gasteiger charge is -2.43. The molecule has 150 valence electrons. The fourth-order valence-corrected chi connectivity index (χ4v) is 3.78. The van der Waals surface area contributed by atoms with Gasteiger partial charge in [-0.15, -0.1) is 0 Å². The first-order chi connectivity index (χ1) is 13.2. The van der Waals surface area contributed by atoms with Crippen LogP contribution in [0.2, 0.25) is 0 Å². The van der Waals surface area contributed by atoms with E-state index in [1.54, 1.807) is 0 Å². The summed E-state index contributed by atoms with van der Waals surface area (Å²) in [5.74, 6) is -1.07. The minimum absolute atomic E-state index is 0.124. The molecule has 1 fully saturated rings. The summed E-state index contributed by atoms with van der Waals surface area (Å²) < 4.78 is 38.1. The van der Waals surface area contributed by atoms with Gasteiger partial charge < -0.3 is 10.2 Å². The molecule has 0 aliphatic carbocycles. The van der Waals surface area contributed by atoms with Crippen LogP contribution in [-0.4, -0.2) is 40.3 Å². The van der Waals surface area contributed by atoms with Crippen LogP contribution >= 0.6 is 0 Å². The number of benzene rings is 2. The van der Waals surface area contributed by atoms with Gasteiger partial charge in [-0.3, -0.25) is 9.69 Å². The number of alkyl halides is 3. The molecule has 7 heteroatoms. The van der Waals surface area contributed by atoms with Crippen molar-refractivity contribution in [3.63, 3.8) is 0 Å². The number of halogens is 3. The zero-order valence-electron chi connectivity index (χ0n) is 15.2. The molecular formula is C21H22F3NO3. The van der Waals surface area contributed by atoms with Gasteiger partial charge in [-0.25, -0.2) is 0 Å². The smallest absolute Gasteiger partial charge is 0.416 e. The van der Waals surface area contributed by atoms with Crippen LogP contribution in [0.3, 0.4) is 0 Å². The van der Waals surface area contributed by atoms with Gasteiger partial charge in [-0.05, 0) is 36.1 Å². The Labute approximate surface area is 161 Å². The van der Waals surface area contributed by atoms with Crippen LogP contribution in [0.4, 0.5) is 13.2 Å². The number of aliphatic carboxylic acids is 1. The number of aliphatic hydroxyl groups excluding tert-OH is 1. The van der Waals surface area contributed by atoms with Crippen molar-refractivity contribution in [1.82, 2.24) is 4.90 Å². The van der Waals surface area contributed by atoms with E-state index >= 15 is 0 Å². The number of aliphatic hydroxyl groups is 1. The van der Waals surface area contributed by atoms with Gasteiger partial charge in [0.1, 0.15) is 5.41 Å². The second-order valence-electron chi connectivity index (χ2n) is 7.33. The predicted molar refractivity (Wildman–Crippen MR) is 97.6 cm³/mol. The van der Waals surface area contributed by atoms with Gasteiger partial charge >= 0.3 is 12.1 Å². The van der Waals surface area contributed by atoms with E-state index in [0.29, 0.717) is 25.1 Å². The van der Waals surface area contributed by atoms with Gasteiger partial charge in [0.05, 0.1) is 11.7 Å². The van der Waals surface area contributed by atoms with Crippen LogP contribution in [0.15, 0.2) is 54.6 Å². The summed E-state index contributed by atoms with van der Waals surface area (Å²) in [7, 11) is 0. The number of likely N-dealkylation sites (tertiary alicyclic amines) is 1. The molecule has 28 heavy (non-hydrogen) atoms. The highest BCUT2D eigenvalue weighted by molar-refractivity contribution is 5.76. The Bertz CT molecular complexity index is 808. The van der Waals surface area contributed by atoms with Gasteiger partial charge in [0.15, 0.2) is 0 Å². The molecular weight excluding hydrogens is 371 g/mol. The van der Waals surface area contributed by atoms with Crippen molar-refractivity contribution in [3.05, 3.63) is 71.3 Å². The standard InChI is InChI=1S/C21H22F3NO3/c22-21(23,24)17-8-6-16(7-9-17)13-25-11-10-18(26)20(14-25,19(27)28)12-15-4-2-1-3-5-15/h1-9,18,26H,10-14H2,(H,27,28)/t18-,20-/m0/s1. The Hall–Kier alpha value is -2.38. The summed E-state index contributed by atoms with van der Waals surface area (Å²) in [4.78, 5) is 14.0. The SMILES string of the molecule is O=C(O)[C@@]1(Cc2ccccc2)CN(Cc2ccc(C(F)(F)F)cc2)CC[C@@H]1O. The zero-order chi connectivity index (χ0) is 20.4. The summed E-state index contributed by atoms with van der Waals surface area (Å²) in [6.45, 7) is 0.931. The maximum Gasteiger partial charge on any atom is 0.416 e. The second kappa shape index (κ2) is 7.93. The van der Waals surface area contributed by atoms with E-state index in [4.69, 9.17) is 0 Å². The number of carboxylic acid groups (broad SMARTS) is 1. The molecule has 3 rings (SSSR count). The van der Waals surface area contributed by atoms with Gasteiger partial charge in [-0.2, -0.15) is 13.2 Å². The normalized spacial score (nSPS) is 23.5. The molecule has 0 amide bonds. The predicted octanol–water partition coefficient (Wildman–Crippen LogP) is 3.59.